The van der Waals surface area contributed by atoms with E-state index in [1.807, 2.05) is 6.07 Å². The van der Waals surface area contributed by atoms with E-state index in [0.29, 0.717) is 22.6 Å². The van der Waals surface area contributed by atoms with E-state index in [1.165, 1.54) is 67.5 Å². The molecule has 1 aliphatic heterocycles. The summed E-state index contributed by atoms with van der Waals surface area (Å²) in [5, 5.41) is 20.6. The minimum absolute atomic E-state index is 0.175. The van der Waals surface area contributed by atoms with Crippen LogP contribution in [0.1, 0.15) is 29.7 Å². The van der Waals surface area contributed by atoms with Gasteiger partial charge in [-0.15, -0.1) is 0 Å². The van der Waals surface area contributed by atoms with E-state index in [4.69, 9.17) is 26.3 Å². The van der Waals surface area contributed by atoms with Gasteiger partial charge in [-0.05, 0) is 60.2 Å². The van der Waals surface area contributed by atoms with Crippen molar-refractivity contribution in [1.29, 1.82) is 5.26 Å². The van der Waals surface area contributed by atoms with Gasteiger partial charge in [0.05, 0.1) is 35.4 Å². The molecule has 1 unspecified atom stereocenters. The normalized spacial score (nSPS) is 16.5. The SMILES string of the molecule is COc1ccc(/C(O)=C2\C(=O)C(=O)N(c3ccc(C#N)cc3)C2c2cccc(OC(C)=O)c2)cc1Cl. The number of amides is 1. The van der Waals surface area contributed by atoms with Crippen LogP contribution in [0.15, 0.2) is 72.3 Å². The maximum Gasteiger partial charge on any atom is 0.308 e. The zero-order valence-electron chi connectivity index (χ0n) is 19.2. The van der Waals surface area contributed by atoms with Crippen molar-refractivity contribution in [2.24, 2.45) is 0 Å². The Kier molecular flexibility index (Phi) is 6.77. The zero-order chi connectivity index (χ0) is 26.0. The maximum absolute atomic E-state index is 13.3. The number of esters is 1. The van der Waals surface area contributed by atoms with Crippen molar-refractivity contribution in [1.82, 2.24) is 0 Å². The lowest BCUT2D eigenvalue weighted by Crippen LogP contribution is -2.29. The summed E-state index contributed by atoms with van der Waals surface area (Å²) in [6.45, 7) is 1.25. The van der Waals surface area contributed by atoms with E-state index >= 15 is 0 Å². The predicted octanol–water partition coefficient (Wildman–Crippen LogP) is 4.77. The highest BCUT2D eigenvalue weighted by Crippen LogP contribution is 2.43. The van der Waals surface area contributed by atoms with E-state index in [-0.39, 0.29) is 21.9 Å². The third-order valence-electron chi connectivity index (χ3n) is 5.58. The number of aliphatic hydroxyl groups excluding tert-OH is 1. The molecule has 1 fully saturated rings. The third kappa shape index (κ3) is 4.52. The summed E-state index contributed by atoms with van der Waals surface area (Å²) in [5.41, 5.74) is 1.16. The Morgan fingerprint density at radius 3 is 2.42 bits per heavy atom. The third-order valence-corrected chi connectivity index (χ3v) is 5.88. The van der Waals surface area contributed by atoms with Gasteiger partial charge in [0.1, 0.15) is 17.3 Å². The van der Waals surface area contributed by atoms with Gasteiger partial charge in [-0.3, -0.25) is 19.3 Å². The molecule has 8 nitrogen and oxygen atoms in total. The molecule has 9 heteroatoms. The van der Waals surface area contributed by atoms with Gasteiger partial charge in [-0.1, -0.05) is 23.7 Å². The highest BCUT2D eigenvalue weighted by atomic mass is 35.5. The molecule has 4 rings (SSSR count). The van der Waals surface area contributed by atoms with Crippen LogP contribution in [0.4, 0.5) is 5.69 Å². The minimum atomic E-state index is -1.06. The fraction of sp³-hybridized carbons (Fsp3) is 0.111. The molecule has 180 valence electrons. The zero-order valence-corrected chi connectivity index (χ0v) is 19.9. The summed E-state index contributed by atoms with van der Waals surface area (Å²) >= 11 is 6.23. The first-order valence-electron chi connectivity index (χ1n) is 10.7. The van der Waals surface area contributed by atoms with E-state index < -0.39 is 29.5 Å². The second kappa shape index (κ2) is 9.94. The van der Waals surface area contributed by atoms with Crippen LogP contribution in [0.25, 0.3) is 5.76 Å². The molecule has 0 bridgehead atoms. The van der Waals surface area contributed by atoms with Gasteiger partial charge in [0.25, 0.3) is 11.7 Å². The number of hydrogen-bond acceptors (Lipinski definition) is 7. The molecule has 1 atom stereocenters. The maximum atomic E-state index is 13.3. The molecular formula is C27H19ClN2O6. The molecule has 1 amide bonds. The van der Waals surface area contributed by atoms with Gasteiger partial charge in [0.2, 0.25) is 0 Å². The molecule has 0 saturated carbocycles. The number of benzene rings is 3. The Bertz CT molecular complexity index is 1460. The summed E-state index contributed by atoms with van der Waals surface area (Å²) in [6, 6.07) is 17.9. The van der Waals surface area contributed by atoms with Crippen LogP contribution in [0.3, 0.4) is 0 Å². The number of aliphatic hydroxyl groups is 1. The van der Waals surface area contributed by atoms with Crippen molar-refractivity contribution >= 4 is 40.7 Å². The highest BCUT2D eigenvalue weighted by Gasteiger charge is 2.47. The molecule has 3 aromatic carbocycles. The molecule has 36 heavy (non-hydrogen) atoms. The van der Waals surface area contributed by atoms with Crippen molar-refractivity contribution in [3.05, 3.63) is 94.0 Å². The molecule has 1 aliphatic rings. The second-order valence-corrected chi connectivity index (χ2v) is 8.25. The number of rotatable bonds is 5. The van der Waals surface area contributed by atoms with Crippen LogP contribution < -0.4 is 14.4 Å². The average molecular weight is 503 g/mol. The molecule has 1 heterocycles. The number of hydrogen-bond donors (Lipinski definition) is 1. The Hall–Kier alpha value is -4.61. The Balaban J connectivity index is 1.93. The number of nitriles is 1. The monoisotopic (exact) mass is 502 g/mol. The van der Waals surface area contributed by atoms with Crippen LogP contribution >= 0.6 is 11.6 Å². The van der Waals surface area contributed by atoms with Crippen molar-refractivity contribution in [3.8, 4) is 17.6 Å². The molecule has 0 spiro atoms. The molecule has 0 aromatic heterocycles. The van der Waals surface area contributed by atoms with Crippen LogP contribution in [0.5, 0.6) is 11.5 Å². The first-order chi connectivity index (χ1) is 17.2. The van der Waals surface area contributed by atoms with Crippen molar-refractivity contribution in [2.45, 2.75) is 13.0 Å². The molecule has 0 radical (unpaired) electrons. The van der Waals surface area contributed by atoms with E-state index in [0.717, 1.165) is 0 Å². The number of ether oxygens (including phenoxy) is 2. The van der Waals surface area contributed by atoms with E-state index in [1.54, 1.807) is 18.2 Å². The summed E-state index contributed by atoms with van der Waals surface area (Å²) in [6.07, 6.45) is 0. The fourth-order valence-corrected chi connectivity index (χ4v) is 4.25. The molecule has 1 N–H and O–H groups in total. The molecule has 0 aliphatic carbocycles. The van der Waals surface area contributed by atoms with Crippen LogP contribution in [-0.4, -0.2) is 29.9 Å². The Morgan fingerprint density at radius 2 is 1.81 bits per heavy atom. The Morgan fingerprint density at radius 1 is 1.08 bits per heavy atom. The minimum Gasteiger partial charge on any atom is -0.507 e. The Labute approximate surface area is 211 Å². The molecular weight excluding hydrogens is 484 g/mol. The number of carbonyl (C=O) groups excluding carboxylic acids is 3. The van der Waals surface area contributed by atoms with Gasteiger partial charge >= 0.3 is 5.97 Å². The number of ketones is 1. The van der Waals surface area contributed by atoms with E-state index in [9.17, 15) is 19.5 Å². The van der Waals surface area contributed by atoms with Gasteiger partial charge in [0, 0.05) is 18.2 Å². The first-order valence-corrected chi connectivity index (χ1v) is 11.1. The average Bonchev–Trinajstić information content (AvgIpc) is 3.13. The van der Waals surface area contributed by atoms with Gasteiger partial charge in [-0.25, -0.2) is 0 Å². The summed E-state index contributed by atoms with van der Waals surface area (Å²) in [4.78, 5) is 39.3. The smallest absolute Gasteiger partial charge is 0.308 e. The first kappa shape index (κ1) is 24.5. The summed E-state index contributed by atoms with van der Waals surface area (Å²) in [5.74, 6) is -2.18. The second-order valence-electron chi connectivity index (χ2n) is 7.84. The number of halogens is 1. The van der Waals surface area contributed by atoms with Crippen LogP contribution in [0, 0.1) is 11.3 Å². The highest BCUT2D eigenvalue weighted by molar-refractivity contribution is 6.51. The van der Waals surface area contributed by atoms with E-state index in [2.05, 4.69) is 0 Å². The van der Waals surface area contributed by atoms with Crippen molar-refractivity contribution in [2.75, 3.05) is 12.0 Å². The lowest BCUT2D eigenvalue weighted by Gasteiger charge is -2.25. The van der Waals surface area contributed by atoms with Gasteiger partial charge in [-0.2, -0.15) is 5.26 Å². The number of anilines is 1. The quantitative estimate of drug-likeness (QED) is 0.175. The van der Waals surface area contributed by atoms with Crippen LogP contribution in [-0.2, 0) is 14.4 Å². The standard InChI is InChI=1S/C27H19ClN2O6/c1-15(31)36-20-5-3-4-17(12-20)24-23(25(32)18-8-11-22(35-2)21(28)13-18)26(33)27(34)30(24)19-9-6-16(14-29)7-10-19/h3-13,24,32H,1-2H3/b25-23+. The molecule has 1 saturated heterocycles. The van der Waals surface area contributed by atoms with Crippen LogP contribution in [0.2, 0.25) is 5.02 Å². The lowest BCUT2D eigenvalue weighted by molar-refractivity contribution is -0.132. The largest absolute Gasteiger partial charge is 0.507 e. The predicted molar refractivity (Wildman–Crippen MR) is 132 cm³/mol. The lowest BCUT2D eigenvalue weighted by atomic mass is 9.95. The van der Waals surface area contributed by atoms with Gasteiger partial charge < -0.3 is 14.6 Å². The van der Waals surface area contributed by atoms with Crippen molar-refractivity contribution < 1.29 is 29.0 Å². The summed E-state index contributed by atoms with van der Waals surface area (Å²) in [7, 11) is 1.44. The van der Waals surface area contributed by atoms with Crippen molar-refractivity contribution in [3.63, 3.8) is 0 Å². The molecule has 3 aromatic rings. The summed E-state index contributed by atoms with van der Waals surface area (Å²) < 4.78 is 10.3. The number of Topliss-reactive ketones (excluding diaryl/α,β-unsaturated/α-hetero) is 1. The topological polar surface area (TPSA) is 117 Å². The fourth-order valence-electron chi connectivity index (χ4n) is 3.99. The van der Waals surface area contributed by atoms with Gasteiger partial charge in [0.15, 0.2) is 0 Å². The number of methoxy groups -OCH3 is 1. The number of carbonyl (C=O) groups is 3. The number of nitrogens with zero attached hydrogens (tertiary/aromatic N) is 2.